The van der Waals surface area contributed by atoms with Crippen molar-refractivity contribution in [3.63, 3.8) is 0 Å². The van der Waals surface area contributed by atoms with Gasteiger partial charge in [-0.25, -0.2) is 0 Å². The SMILES string of the molecule is CCC1CCCCN1c1cncc(C(=O)Nc2ccccc2Br)c1. The molecular formula is C19H22BrN3O. The topological polar surface area (TPSA) is 45.2 Å². The fourth-order valence-corrected chi connectivity index (χ4v) is 3.61. The van der Waals surface area contributed by atoms with Crippen LogP contribution in [0.3, 0.4) is 0 Å². The van der Waals surface area contributed by atoms with Crippen LogP contribution in [0.1, 0.15) is 43.0 Å². The van der Waals surface area contributed by atoms with Gasteiger partial charge in [0.1, 0.15) is 0 Å². The molecule has 1 aliphatic rings. The number of pyridine rings is 1. The third kappa shape index (κ3) is 3.78. The Kier molecular flexibility index (Phi) is 5.51. The molecule has 0 aliphatic carbocycles. The minimum atomic E-state index is -0.138. The van der Waals surface area contributed by atoms with E-state index in [-0.39, 0.29) is 5.91 Å². The standard InChI is InChI=1S/C19H22BrN3O/c1-2-15-7-5-6-10-23(15)16-11-14(12-21-13-16)19(24)22-18-9-4-3-8-17(18)20/h3-4,8-9,11-13,15H,2,5-7,10H2,1H3,(H,22,24). The van der Waals surface area contributed by atoms with Crippen LogP contribution in [0.5, 0.6) is 0 Å². The van der Waals surface area contributed by atoms with Gasteiger partial charge in [-0.2, -0.15) is 0 Å². The molecule has 2 heterocycles. The van der Waals surface area contributed by atoms with Gasteiger partial charge in [-0.15, -0.1) is 0 Å². The summed E-state index contributed by atoms with van der Waals surface area (Å²) in [5.41, 5.74) is 2.39. The number of hydrogen-bond donors (Lipinski definition) is 1. The minimum Gasteiger partial charge on any atom is -0.367 e. The van der Waals surface area contributed by atoms with Gasteiger partial charge in [0, 0.05) is 23.3 Å². The van der Waals surface area contributed by atoms with Crippen molar-refractivity contribution in [2.45, 2.75) is 38.6 Å². The monoisotopic (exact) mass is 387 g/mol. The van der Waals surface area contributed by atoms with Crippen molar-refractivity contribution in [2.75, 3.05) is 16.8 Å². The number of carbonyl (C=O) groups excluding carboxylic acids is 1. The molecule has 1 amide bonds. The van der Waals surface area contributed by atoms with E-state index in [9.17, 15) is 4.79 Å². The van der Waals surface area contributed by atoms with Crippen LogP contribution in [-0.4, -0.2) is 23.5 Å². The summed E-state index contributed by atoms with van der Waals surface area (Å²) in [4.78, 5) is 19.3. The number of amides is 1. The van der Waals surface area contributed by atoms with Crippen LogP contribution in [0.25, 0.3) is 0 Å². The molecule has 0 bridgehead atoms. The highest BCUT2D eigenvalue weighted by Gasteiger charge is 2.22. The second kappa shape index (κ2) is 7.79. The van der Waals surface area contributed by atoms with Crippen molar-refractivity contribution >= 4 is 33.2 Å². The van der Waals surface area contributed by atoms with Gasteiger partial charge in [0.25, 0.3) is 5.91 Å². The highest BCUT2D eigenvalue weighted by Crippen LogP contribution is 2.27. The van der Waals surface area contributed by atoms with Crippen molar-refractivity contribution in [3.8, 4) is 0 Å². The molecule has 5 heteroatoms. The highest BCUT2D eigenvalue weighted by molar-refractivity contribution is 9.10. The summed E-state index contributed by atoms with van der Waals surface area (Å²) in [5.74, 6) is -0.138. The number of piperidine rings is 1. The van der Waals surface area contributed by atoms with Crippen LogP contribution in [0.2, 0.25) is 0 Å². The Morgan fingerprint density at radius 3 is 2.96 bits per heavy atom. The maximum Gasteiger partial charge on any atom is 0.257 e. The average Bonchev–Trinajstić information content (AvgIpc) is 2.63. The quantitative estimate of drug-likeness (QED) is 0.813. The lowest BCUT2D eigenvalue weighted by Gasteiger charge is -2.37. The molecule has 4 nitrogen and oxygen atoms in total. The summed E-state index contributed by atoms with van der Waals surface area (Å²) >= 11 is 3.45. The number of nitrogens with one attached hydrogen (secondary N) is 1. The summed E-state index contributed by atoms with van der Waals surface area (Å²) in [6.07, 6.45) is 8.30. The molecule has 1 aliphatic heterocycles. The number of benzene rings is 1. The lowest BCUT2D eigenvalue weighted by Crippen LogP contribution is -2.39. The molecule has 1 unspecified atom stereocenters. The fraction of sp³-hybridized carbons (Fsp3) is 0.368. The molecular weight excluding hydrogens is 366 g/mol. The lowest BCUT2D eigenvalue weighted by atomic mass is 9.99. The van der Waals surface area contributed by atoms with Crippen LogP contribution in [0.15, 0.2) is 47.2 Å². The molecule has 126 valence electrons. The summed E-state index contributed by atoms with van der Waals surface area (Å²) < 4.78 is 0.865. The van der Waals surface area contributed by atoms with E-state index in [1.165, 1.54) is 19.3 Å². The Bertz CT molecular complexity index is 719. The second-order valence-corrected chi connectivity index (χ2v) is 6.97. The van der Waals surface area contributed by atoms with E-state index in [1.807, 2.05) is 36.5 Å². The number of carbonyl (C=O) groups is 1. The van der Waals surface area contributed by atoms with E-state index in [2.05, 4.69) is 38.1 Å². The summed E-state index contributed by atoms with van der Waals surface area (Å²) in [6, 6.07) is 10.1. The maximum atomic E-state index is 12.6. The van der Waals surface area contributed by atoms with E-state index in [0.29, 0.717) is 11.6 Å². The van der Waals surface area contributed by atoms with Crippen molar-refractivity contribution in [2.24, 2.45) is 0 Å². The number of rotatable bonds is 4. The molecule has 3 rings (SSSR count). The van der Waals surface area contributed by atoms with Crippen LogP contribution in [0, 0.1) is 0 Å². The molecule has 0 radical (unpaired) electrons. The third-order valence-corrected chi connectivity index (χ3v) is 5.23. The molecule has 1 saturated heterocycles. The number of para-hydroxylation sites is 1. The first-order chi connectivity index (χ1) is 11.7. The summed E-state index contributed by atoms with van der Waals surface area (Å²) in [6.45, 7) is 3.26. The largest absolute Gasteiger partial charge is 0.367 e. The molecule has 0 spiro atoms. The Hall–Kier alpha value is -1.88. The number of halogens is 1. The first-order valence-electron chi connectivity index (χ1n) is 8.46. The molecule has 1 atom stereocenters. The smallest absolute Gasteiger partial charge is 0.257 e. The Balaban J connectivity index is 1.79. The zero-order valence-corrected chi connectivity index (χ0v) is 15.4. The minimum absolute atomic E-state index is 0.138. The third-order valence-electron chi connectivity index (χ3n) is 4.54. The first kappa shape index (κ1) is 17.0. The zero-order valence-electron chi connectivity index (χ0n) is 13.8. The summed E-state index contributed by atoms with van der Waals surface area (Å²) in [7, 11) is 0. The van der Waals surface area contributed by atoms with Crippen molar-refractivity contribution in [1.82, 2.24) is 4.98 Å². The average molecular weight is 388 g/mol. The zero-order chi connectivity index (χ0) is 16.9. The Morgan fingerprint density at radius 1 is 1.33 bits per heavy atom. The van der Waals surface area contributed by atoms with Crippen LogP contribution < -0.4 is 10.2 Å². The molecule has 1 aromatic carbocycles. The van der Waals surface area contributed by atoms with Gasteiger partial charge < -0.3 is 10.2 Å². The number of aromatic nitrogens is 1. The van der Waals surface area contributed by atoms with Crippen LogP contribution in [-0.2, 0) is 0 Å². The van der Waals surface area contributed by atoms with E-state index in [0.717, 1.165) is 28.8 Å². The highest BCUT2D eigenvalue weighted by atomic mass is 79.9. The molecule has 1 fully saturated rings. The van der Waals surface area contributed by atoms with Gasteiger partial charge in [0.2, 0.25) is 0 Å². The van der Waals surface area contributed by atoms with Crippen LogP contribution in [0.4, 0.5) is 11.4 Å². The van der Waals surface area contributed by atoms with E-state index >= 15 is 0 Å². The molecule has 1 N–H and O–H groups in total. The molecule has 0 saturated carbocycles. The van der Waals surface area contributed by atoms with Gasteiger partial charge in [0.05, 0.1) is 23.1 Å². The maximum absolute atomic E-state index is 12.6. The summed E-state index contributed by atoms with van der Waals surface area (Å²) in [5, 5.41) is 2.94. The van der Waals surface area contributed by atoms with Crippen LogP contribution >= 0.6 is 15.9 Å². The van der Waals surface area contributed by atoms with Gasteiger partial charge in [-0.05, 0) is 59.8 Å². The Labute approximate surface area is 151 Å². The molecule has 1 aromatic heterocycles. The first-order valence-corrected chi connectivity index (χ1v) is 9.26. The van der Waals surface area contributed by atoms with Gasteiger partial charge in [-0.1, -0.05) is 19.1 Å². The van der Waals surface area contributed by atoms with E-state index < -0.39 is 0 Å². The number of hydrogen-bond acceptors (Lipinski definition) is 3. The normalized spacial score (nSPS) is 17.6. The van der Waals surface area contributed by atoms with Gasteiger partial charge in [0.15, 0.2) is 0 Å². The second-order valence-electron chi connectivity index (χ2n) is 6.12. The van der Waals surface area contributed by atoms with Crippen molar-refractivity contribution < 1.29 is 4.79 Å². The van der Waals surface area contributed by atoms with Gasteiger partial charge in [-0.3, -0.25) is 9.78 Å². The van der Waals surface area contributed by atoms with E-state index in [1.54, 1.807) is 6.20 Å². The fourth-order valence-electron chi connectivity index (χ4n) is 3.23. The predicted molar refractivity (Wildman–Crippen MR) is 102 cm³/mol. The predicted octanol–water partition coefficient (Wildman–Crippen LogP) is 4.87. The van der Waals surface area contributed by atoms with Crippen molar-refractivity contribution in [1.29, 1.82) is 0 Å². The Morgan fingerprint density at radius 2 is 2.17 bits per heavy atom. The number of nitrogens with zero attached hydrogens (tertiary/aromatic N) is 2. The van der Waals surface area contributed by atoms with Gasteiger partial charge >= 0.3 is 0 Å². The molecule has 2 aromatic rings. The van der Waals surface area contributed by atoms with E-state index in [4.69, 9.17) is 0 Å². The molecule has 24 heavy (non-hydrogen) atoms. The lowest BCUT2D eigenvalue weighted by molar-refractivity contribution is 0.102. The number of anilines is 2. The van der Waals surface area contributed by atoms with Crippen molar-refractivity contribution in [3.05, 3.63) is 52.8 Å².